The van der Waals surface area contributed by atoms with Gasteiger partial charge in [0.05, 0.1) is 12.6 Å². The third-order valence-electron chi connectivity index (χ3n) is 5.31. The van der Waals surface area contributed by atoms with Gasteiger partial charge in [-0.05, 0) is 36.4 Å². The van der Waals surface area contributed by atoms with E-state index in [9.17, 15) is 4.39 Å². The molecule has 7 nitrogen and oxygen atoms in total. The van der Waals surface area contributed by atoms with Crippen LogP contribution in [0.3, 0.4) is 0 Å². The van der Waals surface area contributed by atoms with Crippen LogP contribution < -0.4 is 0 Å². The number of nitrogens with zero attached hydrogens (tertiary/aromatic N) is 6. The molecule has 0 unspecified atom stereocenters. The second-order valence-corrected chi connectivity index (χ2v) is 7.12. The molecule has 8 heteroatoms. The summed E-state index contributed by atoms with van der Waals surface area (Å²) in [7, 11) is 2.11. The largest absolute Gasteiger partial charge is 0.376 e. The lowest BCUT2D eigenvalue weighted by Crippen LogP contribution is -2.47. The van der Waals surface area contributed by atoms with Crippen molar-refractivity contribution in [2.75, 3.05) is 39.8 Å². The van der Waals surface area contributed by atoms with Crippen molar-refractivity contribution >= 4 is 0 Å². The predicted octanol–water partition coefficient (Wildman–Crippen LogP) is 1.33. The zero-order valence-corrected chi connectivity index (χ0v) is 15.1. The van der Waals surface area contributed by atoms with Gasteiger partial charge in [0.2, 0.25) is 0 Å². The number of hydrogen-bond acceptors (Lipinski definition) is 6. The minimum Gasteiger partial charge on any atom is -0.376 e. The van der Waals surface area contributed by atoms with Gasteiger partial charge in [-0.1, -0.05) is 18.2 Å². The first-order chi connectivity index (χ1) is 12.7. The van der Waals surface area contributed by atoms with Crippen LogP contribution in [0, 0.1) is 5.82 Å². The van der Waals surface area contributed by atoms with E-state index in [0.29, 0.717) is 17.9 Å². The summed E-state index contributed by atoms with van der Waals surface area (Å²) in [5.41, 5.74) is 0.625. The van der Waals surface area contributed by atoms with Crippen LogP contribution in [0.25, 0.3) is 0 Å². The summed E-state index contributed by atoms with van der Waals surface area (Å²) in [5.74, 6) is 0.471. The second kappa shape index (κ2) is 7.77. The molecule has 26 heavy (non-hydrogen) atoms. The second-order valence-electron chi connectivity index (χ2n) is 7.12. The van der Waals surface area contributed by atoms with E-state index in [1.54, 1.807) is 10.7 Å². The van der Waals surface area contributed by atoms with E-state index in [1.807, 2.05) is 12.1 Å². The van der Waals surface area contributed by atoms with Crippen LogP contribution in [0.2, 0.25) is 0 Å². The molecule has 140 valence electrons. The lowest BCUT2D eigenvalue weighted by molar-refractivity contribution is 0.0876. The van der Waals surface area contributed by atoms with Crippen LogP contribution in [0.15, 0.2) is 24.3 Å². The number of hydrogen-bond donors (Lipinski definition) is 0. The lowest BCUT2D eigenvalue weighted by Gasteiger charge is -2.37. The minimum absolute atomic E-state index is 0.131. The van der Waals surface area contributed by atoms with Crippen molar-refractivity contribution in [2.45, 2.75) is 31.5 Å². The summed E-state index contributed by atoms with van der Waals surface area (Å²) in [6, 6.07) is 6.64. The summed E-state index contributed by atoms with van der Waals surface area (Å²) in [6.45, 7) is 4.99. The van der Waals surface area contributed by atoms with Crippen LogP contribution in [0.4, 0.5) is 4.39 Å². The SMILES string of the molecule is CN1CCN([C@H](c2ccccc2F)c2nnnn2C[C@H]2CCCO2)CC1. The van der Waals surface area contributed by atoms with Gasteiger partial charge in [0.15, 0.2) is 5.82 Å². The number of ether oxygens (including phenoxy) is 1. The van der Waals surface area contributed by atoms with E-state index in [0.717, 1.165) is 45.6 Å². The van der Waals surface area contributed by atoms with Gasteiger partial charge in [0, 0.05) is 38.3 Å². The van der Waals surface area contributed by atoms with Gasteiger partial charge in [-0.25, -0.2) is 9.07 Å². The van der Waals surface area contributed by atoms with Gasteiger partial charge >= 0.3 is 0 Å². The Hall–Kier alpha value is -1.90. The molecule has 0 radical (unpaired) electrons. The van der Waals surface area contributed by atoms with Gasteiger partial charge < -0.3 is 9.64 Å². The summed E-state index contributed by atoms with van der Waals surface area (Å²) in [6.07, 6.45) is 2.21. The molecule has 1 aromatic carbocycles. The Balaban J connectivity index is 1.67. The van der Waals surface area contributed by atoms with Crippen molar-refractivity contribution < 1.29 is 9.13 Å². The Morgan fingerprint density at radius 1 is 1.23 bits per heavy atom. The average Bonchev–Trinajstić information content (AvgIpc) is 3.31. The first-order valence-corrected chi connectivity index (χ1v) is 9.27. The molecule has 0 N–H and O–H groups in total. The first kappa shape index (κ1) is 17.5. The van der Waals surface area contributed by atoms with Gasteiger partial charge in [-0.2, -0.15) is 0 Å². The quantitative estimate of drug-likeness (QED) is 0.802. The van der Waals surface area contributed by atoms with Crippen molar-refractivity contribution in [1.29, 1.82) is 0 Å². The normalized spacial score (nSPS) is 23.4. The molecule has 2 aromatic rings. The van der Waals surface area contributed by atoms with Crippen molar-refractivity contribution in [3.8, 4) is 0 Å². The maximum atomic E-state index is 14.7. The van der Waals surface area contributed by atoms with Gasteiger partial charge in [-0.15, -0.1) is 5.10 Å². The number of benzene rings is 1. The molecular weight excluding hydrogens is 335 g/mol. The van der Waals surface area contributed by atoms with Crippen LogP contribution in [-0.4, -0.2) is 75.9 Å². The van der Waals surface area contributed by atoms with E-state index in [1.165, 1.54) is 6.07 Å². The smallest absolute Gasteiger partial charge is 0.173 e. The standard InChI is InChI=1S/C18H25FN6O/c1-23-8-10-24(11-9-23)17(15-6-2-3-7-16(15)19)18-20-21-22-25(18)13-14-5-4-12-26-14/h2-3,6-7,14,17H,4-5,8-13H2,1H3/t14-,17-/m1/s1. The number of rotatable bonds is 5. The molecule has 0 saturated carbocycles. The highest BCUT2D eigenvalue weighted by Crippen LogP contribution is 2.30. The van der Waals surface area contributed by atoms with Crippen molar-refractivity contribution in [3.63, 3.8) is 0 Å². The highest BCUT2D eigenvalue weighted by atomic mass is 19.1. The van der Waals surface area contributed by atoms with Crippen LogP contribution in [-0.2, 0) is 11.3 Å². The highest BCUT2D eigenvalue weighted by Gasteiger charge is 2.32. The predicted molar refractivity (Wildman–Crippen MR) is 94.1 cm³/mol. The Morgan fingerprint density at radius 3 is 2.77 bits per heavy atom. The minimum atomic E-state index is -0.290. The van der Waals surface area contributed by atoms with Crippen LogP contribution in [0.1, 0.15) is 30.3 Å². The lowest BCUT2D eigenvalue weighted by atomic mass is 10.0. The van der Waals surface area contributed by atoms with Crippen molar-refractivity contribution in [3.05, 3.63) is 41.5 Å². The number of tetrazole rings is 1. The van der Waals surface area contributed by atoms with E-state index < -0.39 is 0 Å². The number of piperazine rings is 1. The zero-order chi connectivity index (χ0) is 17.9. The third kappa shape index (κ3) is 3.62. The highest BCUT2D eigenvalue weighted by molar-refractivity contribution is 5.26. The number of halogens is 1. The van der Waals surface area contributed by atoms with E-state index >= 15 is 0 Å². The van der Waals surface area contributed by atoms with E-state index in [4.69, 9.17) is 4.74 Å². The van der Waals surface area contributed by atoms with E-state index in [2.05, 4.69) is 32.4 Å². The maximum Gasteiger partial charge on any atom is 0.173 e. The molecule has 0 spiro atoms. The fraction of sp³-hybridized carbons (Fsp3) is 0.611. The molecule has 3 heterocycles. The molecule has 1 aromatic heterocycles. The topological polar surface area (TPSA) is 59.3 Å². The van der Waals surface area contributed by atoms with E-state index in [-0.39, 0.29) is 18.0 Å². The summed E-state index contributed by atoms with van der Waals surface area (Å²) < 4.78 is 22.2. The summed E-state index contributed by atoms with van der Waals surface area (Å²) in [4.78, 5) is 4.56. The Labute approximate surface area is 152 Å². The Kier molecular flexibility index (Phi) is 5.23. The molecule has 2 aliphatic rings. The fourth-order valence-corrected chi connectivity index (χ4v) is 3.79. The monoisotopic (exact) mass is 360 g/mol. The summed E-state index contributed by atoms with van der Waals surface area (Å²) in [5, 5.41) is 12.4. The number of likely N-dealkylation sites (N-methyl/N-ethyl adjacent to an activating group) is 1. The molecule has 4 rings (SSSR count). The average molecular weight is 360 g/mol. The summed E-state index contributed by atoms with van der Waals surface area (Å²) >= 11 is 0. The van der Waals surface area contributed by atoms with Crippen LogP contribution in [0.5, 0.6) is 0 Å². The molecule has 2 fully saturated rings. The molecule has 0 amide bonds. The van der Waals surface area contributed by atoms with Gasteiger partial charge in [-0.3, -0.25) is 4.90 Å². The van der Waals surface area contributed by atoms with Crippen molar-refractivity contribution in [2.24, 2.45) is 0 Å². The Morgan fingerprint density at radius 2 is 2.04 bits per heavy atom. The van der Waals surface area contributed by atoms with Gasteiger partial charge in [0.1, 0.15) is 11.9 Å². The van der Waals surface area contributed by atoms with Crippen molar-refractivity contribution in [1.82, 2.24) is 30.0 Å². The number of aromatic nitrogens is 4. The third-order valence-corrected chi connectivity index (χ3v) is 5.31. The molecule has 2 atom stereocenters. The first-order valence-electron chi connectivity index (χ1n) is 9.27. The zero-order valence-electron chi connectivity index (χ0n) is 15.1. The molecule has 0 bridgehead atoms. The Bertz CT molecular complexity index is 724. The molecule has 0 aliphatic carbocycles. The fourth-order valence-electron chi connectivity index (χ4n) is 3.79. The van der Waals surface area contributed by atoms with Crippen LogP contribution >= 0.6 is 0 Å². The molecular formula is C18H25FN6O. The molecule has 2 saturated heterocycles. The van der Waals surface area contributed by atoms with Gasteiger partial charge in [0.25, 0.3) is 0 Å². The molecule has 2 aliphatic heterocycles. The maximum absolute atomic E-state index is 14.7.